The molecule has 0 spiro atoms. The molecule has 0 aromatic carbocycles. The molecule has 0 aliphatic heterocycles. The molecule has 0 aliphatic rings. The molecule has 0 atom stereocenters. The Labute approximate surface area is 136 Å². The van der Waals surface area contributed by atoms with Crippen LogP contribution >= 0.6 is 0 Å². The molecule has 0 rings (SSSR count). The second-order valence-electron chi connectivity index (χ2n) is 7.36. The van der Waals surface area contributed by atoms with Crippen molar-refractivity contribution in [3.05, 3.63) is 0 Å². The number of unbranched alkanes of at least 4 members (excludes halogenated alkanes) is 2. The Morgan fingerprint density at radius 1 is 1.05 bits per heavy atom. The van der Waals surface area contributed by atoms with Gasteiger partial charge in [-0.2, -0.15) is 0 Å². The molecule has 0 aliphatic carbocycles. The number of ketones is 1. The van der Waals surface area contributed by atoms with E-state index in [0.717, 1.165) is 32.1 Å². The third kappa shape index (κ3) is 9.93. The molecule has 4 heteroatoms. The molecule has 0 fully saturated rings. The van der Waals surface area contributed by atoms with Crippen LogP contribution in [0.15, 0.2) is 0 Å². The molecule has 0 bridgehead atoms. The van der Waals surface area contributed by atoms with Crippen LogP contribution in [0.5, 0.6) is 0 Å². The lowest BCUT2D eigenvalue weighted by Crippen LogP contribution is -2.34. The van der Waals surface area contributed by atoms with Crippen molar-refractivity contribution in [3.63, 3.8) is 0 Å². The van der Waals surface area contributed by atoms with Crippen LogP contribution in [0.25, 0.3) is 0 Å². The summed E-state index contributed by atoms with van der Waals surface area (Å²) in [7, 11) is 0. The molecule has 0 heterocycles. The summed E-state index contributed by atoms with van der Waals surface area (Å²) in [6, 6.07) is 0. The third-order valence-corrected chi connectivity index (χ3v) is 4.23. The van der Waals surface area contributed by atoms with Crippen LogP contribution in [0, 0.1) is 5.41 Å². The van der Waals surface area contributed by atoms with Gasteiger partial charge in [-0.3, -0.25) is 9.59 Å². The fourth-order valence-corrected chi connectivity index (χ4v) is 1.96. The summed E-state index contributed by atoms with van der Waals surface area (Å²) < 4.78 is 5.89. The molecule has 1 N–H and O–H groups in total. The Balaban J connectivity index is 3.90. The van der Waals surface area contributed by atoms with Gasteiger partial charge in [0, 0.05) is 25.0 Å². The second kappa shape index (κ2) is 9.98. The molecule has 1 amide bonds. The molecule has 0 saturated heterocycles. The van der Waals surface area contributed by atoms with E-state index < -0.39 is 0 Å². The number of nitrogens with one attached hydrogen (secondary N) is 1. The van der Waals surface area contributed by atoms with Gasteiger partial charge in [0.25, 0.3) is 0 Å². The van der Waals surface area contributed by atoms with E-state index in [1.54, 1.807) is 6.92 Å². The van der Waals surface area contributed by atoms with E-state index in [9.17, 15) is 9.59 Å². The summed E-state index contributed by atoms with van der Waals surface area (Å²) in [4.78, 5) is 23.1. The van der Waals surface area contributed by atoms with Gasteiger partial charge in [0.15, 0.2) is 0 Å². The molecule has 0 unspecified atom stereocenters. The van der Waals surface area contributed by atoms with E-state index in [2.05, 4.69) is 12.2 Å². The van der Waals surface area contributed by atoms with Crippen LogP contribution in [0.2, 0.25) is 0 Å². The quantitative estimate of drug-likeness (QED) is 0.556. The molecule has 0 aromatic heterocycles. The number of Topliss-reactive ketones (excluding diaryl/α,β-unsaturated/α-hetero) is 1. The minimum atomic E-state index is -0.330. The summed E-state index contributed by atoms with van der Waals surface area (Å²) in [5.41, 5.74) is -0.618. The monoisotopic (exact) mass is 313 g/mol. The lowest BCUT2D eigenvalue weighted by molar-refractivity contribution is -0.127. The number of carbonyl (C=O) groups excluding carboxylic acids is 2. The summed E-state index contributed by atoms with van der Waals surface area (Å²) in [5, 5.41) is 2.95. The predicted octanol–water partition coefficient (Wildman–Crippen LogP) is 3.87. The minimum Gasteiger partial charge on any atom is -0.375 e. The number of ether oxygens (including phenoxy) is 1. The van der Waals surface area contributed by atoms with Crippen molar-refractivity contribution in [2.75, 3.05) is 13.2 Å². The lowest BCUT2D eigenvalue weighted by atomic mass is 9.86. The van der Waals surface area contributed by atoms with Crippen molar-refractivity contribution in [1.82, 2.24) is 5.32 Å². The van der Waals surface area contributed by atoms with Crippen molar-refractivity contribution < 1.29 is 14.3 Å². The SMILES string of the molecule is CCCCCC(=O)NCCC(C)(C)OCCC(C)(C)C(C)=O. The molecule has 0 aromatic rings. The van der Waals surface area contributed by atoms with Crippen molar-refractivity contribution in [3.8, 4) is 0 Å². The summed E-state index contributed by atoms with van der Waals surface area (Å²) >= 11 is 0. The van der Waals surface area contributed by atoms with Gasteiger partial charge in [0.05, 0.1) is 5.60 Å². The first kappa shape index (κ1) is 21.1. The van der Waals surface area contributed by atoms with Gasteiger partial charge in [0.2, 0.25) is 5.91 Å². The van der Waals surface area contributed by atoms with Crippen molar-refractivity contribution in [1.29, 1.82) is 0 Å². The lowest BCUT2D eigenvalue weighted by Gasteiger charge is -2.28. The van der Waals surface area contributed by atoms with Gasteiger partial charge in [0.1, 0.15) is 5.78 Å². The molecule has 0 radical (unpaired) electrons. The van der Waals surface area contributed by atoms with E-state index in [1.807, 2.05) is 27.7 Å². The number of rotatable bonds is 12. The highest BCUT2D eigenvalue weighted by Gasteiger charge is 2.25. The number of carbonyl (C=O) groups is 2. The standard InChI is InChI=1S/C18H35NO3/c1-7-8-9-10-16(21)19-13-11-18(5,6)22-14-12-17(3,4)15(2)20/h7-14H2,1-6H3,(H,19,21). The van der Waals surface area contributed by atoms with Gasteiger partial charge < -0.3 is 10.1 Å². The van der Waals surface area contributed by atoms with Gasteiger partial charge in [-0.25, -0.2) is 0 Å². The highest BCUT2D eigenvalue weighted by molar-refractivity contribution is 5.81. The van der Waals surface area contributed by atoms with Crippen LogP contribution in [0.3, 0.4) is 0 Å². The van der Waals surface area contributed by atoms with E-state index in [0.29, 0.717) is 19.6 Å². The maximum atomic E-state index is 11.6. The van der Waals surface area contributed by atoms with E-state index in [-0.39, 0.29) is 22.7 Å². The number of hydrogen-bond donors (Lipinski definition) is 1. The average Bonchev–Trinajstić information content (AvgIpc) is 2.38. The topological polar surface area (TPSA) is 55.4 Å². The average molecular weight is 313 g/mol. The summed E-state index contributed by atoms with van der Waals surface area (Å²) in [6.07, 6.45) is 5.30. The Hall–Kier alpha value is -0.900. The van der Waals surface area contributed by atoms with Gasteiger partial charge in [-0.1, -0.05) is 33.6 Å². The van der Waals surface area contributed by atoms with Gasteiger partial charge in [-0.05, 0) is 40.0 Å². The molecule has 22 heavy (non-hydrogen) atoms. The van der Waals surface area contributed by atoms with Crippen LogP contribution in [0.4, 0.5) is 0 Å². The smallest absolute Gasteiger partial charge is 0.219 e. The van der Waals surface area contributed by atoms with Crippen LogP contribution in [-0.2, 0) is 14.3 Å². The highest BCUT2D eigenvalue weighted by Crippen LogP contribution is 2.23. The fraction of sp³-hybridized carbons (Fsp3) is 0.889. The molecule has 130 valence electrons. The first-order chi connectivity index (χ1) is 10.1. The highest BCUT2D eigenvalue weighted by atomic mass is 16.5. The number of amides is 1. The Morgan fingerprint density at radius 3 is 2.23 bits per heavy atom. The van der Waals surface area contributed by atoms with Crippen LogP contribution in [-0.4, -0.2) is 30.4 Å². The minimum absolute atomic E-state index is 0.127. The molecular weight excluding hydrogens is 278 g/mol. The molecule has 0 saturated carbocycles. The molecule has 4 nitrogen and oxygen atoms in total. The van der Waals surface area contributed by atoms with E-state index in [1.165, 1.54) is 0 Å². The van der Waals surface area contributed by atoms with Crippen LogP contribution < -0.4 is 5.32 Å². The largest absolute Gasteiger partial charge is 0.375 e. The summed E-state index contributed by atoms with van der Waals surface area (Å²) in [5.74, 6) is 0.315. The van der Waals surface area contributed by atoms with E-state index >= 15 is 0 Å². The third-order valence-electron chi connectivity index (χ3n) is 4.23. The number of hydrogen-bond acceptors (Lipinski definition) is 3. The second-order valence-corrected chi connectivity index (χ2v) is 7.36. The Bertz CT molecular complexity index is 348. The van der Waals surface area contributed by atoms with Crippen molar-refractivity contribution in [2.45, 2.75) is 85.7 Å². The van der Waals surface area contributed by atoms with Gasteiger partial charge >= 0.3 is 0 Å². The first-order valence-corrected chi connectivity index (χ1v) is 8.52. The first-order valence-electron chi connectivity index (χ1n) is 8.52. The zero-order chi connectivity index (χ0) is 17.2. The van der Waals surface area contributed by atoms with Crippen molar-refractivity contribution in [2.24, 2.45) is 5.41 Å². The van der Waals surface area contributed by atoms with Crippen molar-refractivity contribution >= 4 is 11.7 Å². The van der Waals surface area contributed by atoms with E-state index in [4.69, 9.17) is 4.74 Å². The maximum absolute atomic E-state index is 11.6. The summed E-state index contributed by atoms with van der Waals surface area (Å²) in [6.45, 7) is 12.9. The molecular formula is C18H35NO3. The normalized spacial score (nSPS) is 12.3. The predicted molar refractivity (Wildman–Crippen MR) is 90.9 cm³/mol. The van der Waals surface area contributed by atoms with Crippen LogP contribution in [0.1, 0.15) is 80.1 Å². The Kier molecular flexibility index (Phi) is 9.58. The van der Waals surface area contributed by atoms with Gasteiger partial charge in [-0.15, -0.1) is 0 Å². The fourth-order valence-electron chi connectivity index (χ4n) is 1.96. The Morgan fingerprint density at radius 2 is 1.68 bits per heavy atom. The zero-order valence-electron chi connectivity index (χ0n) is 15.4. The maximum Gasteiger partial charge on any atom is 0.219 e. The zero-order valence-corrected chi connectivity index (χ0v) is 15.4.